The Bertz CT molecular complexity index is 1230. The van der Waals surface area contributed by atoms with Crippen molar-refractivity contribution in [1.82, 2.24) is 5.32 Å². The Morgan fingerprint density at radius 1 is 0.917 bits per heavy atom. The van der Waals surface area contributed by atoms with E-state index in [0.29, 0.717) is 24.5 Å². The molecule has 7 nitrogen and oxygen atoms in total. The summed E-state index contributed by atoms with van der Waals surface area (Å²) in [5.41, 5.74) is 5.77. The molecule has 4 rings (SSSR count). The maximum absolute atomic E-state index is 12.6. The predicted octanol–water partition coefficient (Wildman–Crippen LogP) is 4.30. The molecule has 1 aliphatic rings. The van der Waals surface area contributed by atoms with E-state index in [2.05, 4.69) is 10.6 Å². The fourth-order valence-corrected chi connectivity index (χ4v) is 4.29. The fourth-order valence-electron chi connectivity index (χ4n) is 4.29. The van der Waals surface area contributed by atoms with Gasteiger partial charge in [-0.3, -0.25) is 14.4 Å². The van der Waals surface area contributed by atoms with E-state index in [1.807, 2.05) is 63.2 Å². The third-order valence-corrected chi connectivity index (χ3v) is 6.11. The lowest BCUT2D eigenvalue weighted by molar-refractivity contribution is -0.126. The van der Waals surface area contributed by atoms with E-state index in [1.54, 1.807) is 29.2 Å². The van der Waals surface area contributed by atoms with Crippen LogP contribution in [-0.4, -0.2) is 30.9 Å². The molecule has 0 bridgehead atoms. The molecule has 0 radical (unpaired) electrons. The van der Waals surface area contributed by atoms with Gasteiger partial charge in [-0.2, -0.15) is 0 Å². The van der Waals surface area contributed by atoms with E-state index in [9.17, 15) is 14.4 Å². The maximum Gasteiger partial charge on any atom is 0.262 e. The van der Waals surface area contributed by atoms with Crippen molar-refractivity contribution in [2.45, 2.75) is 33.7 Å². The predicted molar refractivity (Wildman–Crippen MR) is 140 cm³/mol. The number of nitrogens with zero attached hydrogens (tertiary/aromatic N) is 1. The molecule has 36 heavy (non-hydrogen) atoms. The SMILES string of the molecule is Cc1ccc(CNC(=O)[C@H]2CC(=O)N(c3ccc(OCC(=O)Nc4cc(C)cc(C)c4)cc3)C2)cc1. The Balaban J connectivity index is 1.27. The molecule has 1 heterocycles. The quantitative estimate of drug-likeness (QED) is 0.498. The minimum absolute atomic E-state index is 0.0908. The van der Waals surface area contributed by atoms with Gasteiger partial charge in [0.2, 0.25) is 11.8 Å². The first-order chi connectivity index (χ1) is 17.3. The van der Waals surface area contributed by atoms with Crippen molar-refractivity contribution in [2.24, 2.45) is 5.92 Å². The largest absolute Gasteiger partial charge is 0.484 e. The van der Waals surface area contributed by atoms with E-state index in [-0.39, 0.29) is 30.7 Å². The van der Waals surface area contributed by atoms with Crippen molar-refractivity contribution in [2.75, 3.05) is 23.4 Å². The molecule has 0 aromatic heterocycles. The molecular weight excluding hydrogens is 454 g/mol. The molecule has 0 unspecified atom stereocenters. The molecule has 186 valence electrons. The number of carbonyl (C=O) groups excluding carboxylic acids is 3. The highest BCUT2D eigenvalue weighted by molar-refractivity contribution is 6.00. The fraction of sp³-hybridized carbons (Fsp3) is 0.276. The number of nitrogens with one attached hydrogen (secondary N) is 2. The van der Waals surface area contributed by atoms with Crippen LogP contribution in [-0.2, 0) is 20.9 Å². The third-order valence-electron chi connectivity index (χ3n) is 6.11. The highest BCUT2D eigenvalue weighted by Crippen LogP contribution is 2.27. The summed E-state index contributed by atoms with van der Waals surface area (Å²) >= 11 is 0. The molecule has 7 heteroatoms. The van der Waals surface area contributed by atoms with E-state index < -0.39 is 5.92 Å². The average Bonchev–Trinajstić information content (AvgIpc) is 3.23. The third kappa shape index (κ3) is 6.50. The summed E-state index contributed by atoms with van der Waals surface area (Å²) in [5.74, 6) is -0.340. The first-order valence-electron chi connectivity index (χ1n) is 12.0. The molecule has 3 aromatic carbocycles. The number of amides is 3. The lowest BCUT2D eigenvalue weighted by atomic mass is 10.1. The Labute approximate surface area is 211 Å². The molecule has 3 aromatic rings. The molecule has 0 spiro atoms. The normalized spacial score (nSPS) is 15.0. The van der Waals surface area contributed by atoms with Gasteiger partial charge in [-0.15, -0.1) is 0 Å². The maximum atomic E-state index is 12.6. The lowest BCUT2D eigenvalue weighted by Gasteiger charge is -2.17. The second-order valence-electron chi connectivity index (χ2n) is 9.32. The topological polar surface area (TPSA) is 87.7 Å². The summed E-state index contributed by atoms with van der Waals surface area (Å²) in [6.07, 6.45) is 0.177. The van der Waals surface area contributed by atoms with Crippen LogP contribution in [0.4, 0.5) is 11.4 Å². The summed E-state index contributed by atoms with van der Waals surface area (Å²) in [6, 6.07) is 20.8. The zero-order chi connectivity index (χ0) is 25.7. The van der Waals surface area contributed by atoms with Crippen LogP contribution >= 0.6 is 0 Å². The Morgan fingerprint density at radius 3 is 2.25 bits per heavy atom. The van der Waals surface area contributed by atoms with Gasteiger partial charge in [0.1, 0.15) is 5.75 Å². The summed E-state index contributed by atoms with van der Waals surface area (Å²) in [6.45, 7) is 6.61. The van der Waals surface area contributed by atoms with Crippen LogP contribution in [0.15, 0.2) is 66.7 Å². The average molecular weight is 486 g/mol. The lowest BCUT2D eigenvalue weighted by Crippen LogP contribution is -2.32. The molecule has 2 N–H and O–H groups in total. The van der Waals surface area contributed by atoms with Crippen LogP contribution in [0.25, 0.3) is 0 Å². The number of aryl methyl sites for hydroxylation is 3. The van der Waals surface area contributed by atoms with Crippen molar-refractivity contribution >= 4 is 29.1 Å². The van der Waals surface area contributed by atoms with Gasteiger partial charge < -0.3 is 20.3 Å². The molecule has 1 saturated heterocycles. The van der Waals surface area contributed by atoms with Crippen LogP contribution in [0.2, 0.25) is 0 Å². The minimum atomic E-state index is -0.396. The summed E-state index contributed by atoms with van der Waals surface area (Å²) in [4.78, 5) is 39.1. The molecule has 1 atom stereocenters. The highest BCUT2D eigenvalue weighted by atomic mass is 16.5. The van der Waals surface area contributed by atoms with Crippen molar-refractivity contribution < 1.29 is 19.1 Å². The summed E-state index contributed by atoms with van der Waals surface area (Å²) < 4.78 is 5.61. The molecule has 0 saturated carbocycles. The number of ether oxygens (including phenoxy) is 1. The highest BCUT2D eigenvalue weighted by Gasteiger charge is 2.35. The van der Waals surface area contributed by atoms with Crippen molar-refractivity contribution in [3.8, 4) is 5.75 Å². The van der Waals surface area contributed by atoms with Crippen LogP contribution in [0.1, 0.15) is 28.7 Å². The van der Waals surface area contributed by atoms with Crippen LogP contribution in [0, 0.1) is 26.7 Å². The molecule has 1 fully saturated rings. The first-order valence-corrected chi connectivity index (χ1v) is 12.0. The van der Waals surface area contributed by atoms with Gasteiger partial charge in [-0.05, 0) is 73.9 Å². The molecule has 3 amide bonds. The van der Waals surface area contributed by atoms with Crippen molar-refractivity contribution in [1.29, 1.82) is 0 Å². The van der Waals surface area contributed by atoms with Gasteiger partial charge in [-0.25, -0.2) is 0 Å². The smallest absolute Gasteiger partial charge is 0.262 e. The number of anilines is 2. The van der Waals surface area contributed by atoms with Crippen LogP contribution < -0.4 is 20.3 Å². The van der Waals surface area contributed by atoms with E-state index in [0.717, 1.165) is 22.4 Å². The van der Waals surface area contributed by atoms with Gasteiger partial charge in [0.05, 0.1) is 5.92 Å². The van der Waals surface area contributed by atoms with Crippen molar-refractivity contribution in [3.63, 3.8) is 0 Å². The summed E-state index contributed by atoms with van der Waals surface area (Å²) in [5, 5.41) is 5.78. The van der Waals surface area contributed by atoms with Gasteiger partial charge in [-0.1, -0.05) is 35.9 Å². The van der Waals surface area contributed by atoms with E-state index in [4.69, 9.17) is 4.74 Å². The molecule has 1 aliphatic heterocycles. The van der Waals surface area contributed by atoms with Gasteiger partial charge in [0.25, 0.3) is 5.91 Å². The minimum Gasteiger partial charge on any atom is -0.484 e. The van der Waals surface area contributed by atoms with Crippen LogP contribution in [0.5, 0.6) is 5.75 Å². The van der Waals surface area contributed by atoms with Crippen LogP contribution in [0.3, 0.4) is 0 Å². The number of rotatable bonds is 8. The van der Waals surface area contributed by atoms with Crippen molar-refractivity contribution in [3.05, 3.63) is 89.0 Å². The Morgan fingerprint density at radius 2 is 1.58 bits per heavy atom. The van der Waals surface area contributed by atoms with Gasteiger partial charge in [0, 0.05) is 30.9 Å². The van der Waals surface area contributed by atoms with E-state index >= 15 is 0 Å². The monoisotopic (exact) mass is 485 g/mol. The zero-order valence-corrected chi connectivity index (χ0v) is 20.8. The number of carbonyl (C=O) groups is 3. The summed E-state index contributed by atoms with van der Waals surface area (Å²) in [7, 11) is 0. The Kier molecular flexibility index (Phi) is 7.68. The number of hydrogen-bond donors (Lipinski definition) is 2. The molecular formula is C29H31N3O4. The standard InChI is InChI=1S/C29H31N3O4/c1-19-4-6-22(7-5-19)16-30-29(35)23-15-28(34)32(17-23)25-8-10-26(11-9-25)36-18-27(33)31-24-13-20(2)12-21(3)14-24/h4-14,23H,15-18H2,1-3H3,(H,30,35)(H,31,33)/t23-/m0/s1. The van der Waals surface area contributed by atoms with Gasteiger partial charge >= 0.3 is 0 Å². The second-order valence-corrected chi connectivity index (χ2v) is 9.32. The Hall–Kier alpha value is -4.13. The van der Waals surface area contributed by atoms with E-state index in [1.165, 1.54) is 5.56 Å². The number of benzene rings is 3. The van der Waals surface area contributed by atoms with Gasteiger partial charge in [0.15, 0.2) is 6.61 Å². The number of hydrogen-bond acceptors (Lipinski definition) is 4. The first kappa shape index (κ1) is 25.0. The molecule has 0 aliphatic carbocycles. The second kappa shape index (κ2) is 11.1. The zero-order valence-electron chi connectivity index (χ0n) is 20.8.